The van der Waals surface area contributed by atoms with Crippen molar-refractivity contribution in [3.05, 3.63) is 35.4 Å². The van der Waals surface area contributed by atoms with E-state index in [0.717, 1.165) is 0 Å². The SMILES string of the molecule is COC1CCC(N[C@@H](C)c2ccccc2C)CC1. The molecule has 0 aliphatic heterocycles. The monoisotopic (exact) mass is 247 g/mol. The van der Waals surface area contributed by atoms with E-state index in [9.17, 15) is 0 Å². The van der Waals surface area contributed by atoms with E-state index >= 15 is 0 Å². The molecule has 0 bridgehead atoms. The largest absolute Gasteiger partial charge is 0.381 e. The summed E-state index contributed by atoms with van der Waals surface area (Å²) in [5.74, 6) is 0. The molecule has 1 atom stereocenters. The summed E-state index contributed by atoms with van der Waals surface area (Å²) in [6, 6.07) is 9.74. The van der Waals surface area contributed by atoms with Gasteiger partial charge in [-0.15, -0.1) is 0 Å². The minimum Gasteiger partial charge on any atom is -0.381 e. The zero-order chi connectivity index (χ0) is 13.0. The van der Waals surface area contributed by atoms with E-state index in [1.807, 2.05) is 7.11 Å². The summed E-state index contributed by atoms with van der Waals surface area (Å²) in [6.45, 7) is 4.46. The van der Waals surface area contributed by atoms with E-state index in [1.54, 1.807) is 0 Å². The molecule has 0 saturated heterocycles. The average Bonchev–Trinajstić information content (AvgIpc) is 2.40. The Bertz CT molecular complexity index is 369. The molecule has 0 aromatic heterocycles. The highest BCUT2D eigenvalue weighted by Crippen LogP contribution is 2.24. The third-order valence-electron chi connectivity index (χ3n) is 4.15. The van der Waals surface area contributed by atoms with Gasteiger partial charge in [-0.1, -0.05) is 24.3 Å². The lowest BCUT2D eigenvalue weighted by molar-refractivity contribution is 0.0614. The third-order valence-corrected chi connectivity index (χ3v) is 4.15. The van der Waals surface area contributed by atoms with Crippen LogP contribution in [-0.4, -0.2) is 19.3 Å². The summed E-state index contributed by atoms with van der Waals surface area (Å²) in [7, 11) is 1.83. The zero-order valence-corrected chi connectivity index (χ0v) is 11.8. The summed E-state index contributed by atoms with van der Waals surface area (Å²) < 4.78 is 5.42. The Morgan fingerprint density at radius 2 is 1.83 bits per heavy atom. The zero-order valence-electron chi connectivity index (χ0n) is 11.8. The van der Waals surface area contributed by atoms with Crippen molar-refractivity contribution in [1.29, 1.82) is 0 Å². The predicted octanol–water partition coefficient (Wildman–Crippen LogP) is 3.60. The molecule has 18 heavy (non-hydrogen) atoms. The molecule has 0 heterocycles. The Balaban J connectivity index is 1.89. The molecule has 2 nitrogen and oxygen atoms in total. The van der Waals surface area contributed by atoms with Gasteiger partial charge < -0.3 is 10.1 Å². The van der Waals surface area contributed by atoms with Gasteiger partial charge in [0, 0.05) is 19.2 Å². The van der Waals surface area contributed by atoms with E-state index < -0.39 is 0 Å². The van der Waals surface area contributed by atoms with Gasteiger partial charge in [0.2, 0.25) is 0 Å². The number of nitrogens with one attached hydrogen (secondary N) is 1. The number of hydrogen-bond donors (Lipinski definition) is 1. The normalized spacial score (nSPS) is 25.9. The molecule has 0 unspecified atom stereocenters. The molecular weight excluding hydrogens is 222 g/mol. The fourth-order valence-electron chi connectivity index (χ4n) is 2.98. The summed E-state index contributed by atoms with van der Waals surface area (Å²) in [5.41, 5.74) is 2.80. The maximum Gasteiger partial charge on any atom is 0.0572 e. The standard InChI is InChI=1S/C16H25NO/c1-12-6-4-5-7-16(12)13(2)17-14-8-10-15(18-3)11-9-14/h4-7,13-15,17H,8-11H2,1-3H3/t13-,14?,15?/m0/s1. The minimum atomic E-state index is 0.440. The lowest BCUT2D eigenvalue weighted by Gasteiger charge is -2.31. The van der Waals surface area contributed by atoms with Crippen LogP contribution in [0.3, 0.4) is 0 Å². The molecule has 1 saturated carbocycles. The van der Waals surface area contributed by atoms with Crippen LogP contribution in [0.15, 0.2) is 24.3 Å². The van der Waals surface area contributed by atoms with Crippen LogP contribution in [-0.2, 0) is 4.74 Å². The maximum absolute atomic E-state index is 5.42. The fraction of sp³-hybridized carbons (Fsp3) is 0.625. The van der Waals surface area contributed by atoms with Gasteiger partial charge in [-0.25, -0.2) is 0 Å². The van der Waals surface area contributed by atoms with Gasteiger partial charge in [0.15, 0.2) is 0 Å². The Morgan fingerprint density at radius 1 is 1.17 bits per heavy atom. The van der Waals surface area contributed by atoms with Crippen LogP contribution in [0.2, 0.25) is 0 Å². The first kappa shape index (κ1) is 13.6. The van der Waals surface area contributed by atoms with E-state index in [-0.39, 0.29) is 0 Å². The summed E-state index contributed by atoms with van der Waals surface area (Å²) in [6.07, 6.45) is 5.32. The predicted molar refractivity (Wildman–Crippen MR) is 75.8 cm³/mol. The Hall–Kier alpha value is -0.860. The van der Waals surface area contributed by atoms with Crippen molar-refractivity contribution in [3.8, 4) is 0 Å². The van der Waals surface area contributed by atoms with E-state index in [0.29, 0.717) is 18.2 Å². The average molecular weight is 247 g/mol. The second kappa shape index (κ2) is 6.35. The van der Waals surface area contributed by atoms with Crippen molar-refractivity contribution in [2.24, 2.45) is 0 Å². The van der Waals surface area contributed by atoms with Crippen LogP contribution in [0, 0.1) is 6.92 Å². The first-order valence-electron chi connectivity index (χ1n) is 7.05. The molecule has 1 aliphatic carbocycles. The molecule has 100 valence electrons. The van der Waals surface area contributed by atoms with Gasteiger partial charge >= 0.3 is 0 Å². The summed E-state index contributed by atoms with van der Waals surface area (Å²) >= 11 is 0. The van der Waals surface area contributed by atoms with Crippen molar-refractivity contribution < 1.29 is 4.74 Å². The van der Waals surface area contributed by atoms with Crippen molar-refractivity contribution in [3.63, 3.8) is 0 Å². The summed E-state index contributed by atoms with van der Waals surface area (Å²) in [4.78, 5) is 0. The second-order valence-electron chi connectivity index (χ2n) is 5.45. The maximum atomic E-state index is 5.42. The topological polar surface area (TPSA) is 21.3 Å². The molecule has 1 aromatic carbocycles. The van der Waals surface area contributed by atoms with Crippen LogP contribution in [0.25, 0.3) is 0 Å². The van der Waals surface area contributed by atoms with Crippen LogP contribution in [0.1, 0.15) is 49.8 Å². The number of methoxy groups -OCH3 is 1. The smallest absolute Gasteiger partial charge is 0.0572 e. The minimum absolute atomic E-state index is 0.440. The molecule has 0 amide bonds. The van der Waals surface area contributed by atoms with Crippen molar-refractivity contribution in [2.45, 2.75) is 57.7 Å². The molecule has 1 fully saturated rings. The van der Waals surface area contributed by atoms with Gasteiger partial charge in [0.1, 0.15) is 0 Å². The van der Waals surface area contributed by atoms with Gasteiger partial charge in [-0.05, 0) is 50.7 Å². The molecule has 1 N–H and O–H groups in total. The first-order valence-corrected chi connectivity index (χ1v) is 7.05. The molecule has 2 heteroatoms. The Morgan fingerprint density at radius 3 is 2.44 bits per heavy atom. The molecular formula is C16H25NO. The highest BCUT2D eigenvalue weighted by Gasteiger charge is 2.22. The van der Waals surface area contributed by atoms with Crippen LogP contribution >= 0.6 is 0 Å². The number of hydrogen-bond acceptors (Lipinski definition) is 2. The molecule has 1 aromatic rings. The quantitative estimate of drug-likeness (QED) is 0.877. The van der Waals surface area contributed by atoms with Crippen molar-refractivity contribution in [2.75, 3.05) is 7.11 Å². The number of aryl methyl sites for hydroxylation is 1. The second-order valence-corrected chi connectivity index (χ2v) is 5.45. The Kier molecular flexibility index (Phi) is 4.79. The van der Waals surface area contributed by atoms with Gasteiger partial charge in [-0.2, -0.15) is 0 Å². The van der Waals surface area contributed by atoms with E-state index in [4.69, 9.17) is 4.74 Å². The van der Waals surface area contributed by atoms with E-state index in [1.165, 1.54) is 36.8 Å². The first-order chi connectivity index (χ1) is 8.70. The van der Waals surface area contributed by atoms with Crippen LogP contribution < -0.4 is 5.32 Å². The Labute approximate surface area is 111 Å². The fourth-order valence-corrected chi connectivity index (χ4v) is 2.98. The van der Waals surface area contributed by atoms with E-state index in [2.05, 4.69) is 43.4 Å². The van der Waals surface area contributed by atoms with Crippen LogP contribution in [0.5, 0.6) is 0 Å². The lowest BCUT2D eigenvalue weighted by atomic mass is 9.91. The van der Waals surface area contributed by atoms with Gasteiger partial charge in [-0.3, -0.25) is 0 Å². The number of rotatable bonds is 4. The van der Waals surface area contributed by atoms with Crippen molar-refractivity contribution >= 4 is 0 Å². The van der Waals surface area contributed by atoms with Gasteiger partial charge in [0.05, 0.1) is 6.10 Å². The highest BCUT2D eigenvalue weighted by molar-refractivity contribution is 5.28. The highest BCUT2D eigenvalue weighted by atomic mass is 16.5. The van der Waals surface area contributed by atoms with Crippen molar-refractivity contribution in [1.82, 2.24) is 5.32 Å². The molecule has 0 radical (unpaired) electrons. The number of ether oxygens (including phenoxy) is 1. The molecule has 2 rings (SSSR count). The lowest BCUT2D eigenvalue weighted by Crippen LogP contribution is -2.36. The third kappa shape index (κ3) is 3.33. The van der Waals surface area contributed by atoms with Gasteiger partial charge in [0.25, 0.3) is 0 Å². The molecule has 1 aliphatic rings. The van der Waals surface area contributed by atoms with Crippen LogP contribution in [0.4, 0.5) is 0 Å². The molecule has 0 spiro atoms. The summed E-state index contributed by atoms with van der Waals surface area (Å²) in [5, 5.41) is 3.77. The number of benzene rings is 1.